The molecule has 0 aromatic carbocycles. The Bertz CT molecular complexity index is 709. The van der Waals surface area contributed by atoms with E-state index in [-0.39, 0.29) is 17.9 Å². The Labute approximate surface area is 146 Å². The Balaban J connectivity index is 1.66. The summed E-state index contributed by atoms with van der Waals surface area (Å²) in [5.41, 5.74) is 2.28. The van der Waals surface area contributed by atoms with Crippen molar-refractivity contribution in [2.75, 3.05) is 13.1 Å². The third kappa shape index (κ3) is 3.63. The van der Waals surface area contributed by atoms with Crippen LogP contribution in [0.3, 0.4) is 0 Å². The molecule has 0 unspecified atom stereocenters. The zero-order valence-corrected chi connectivity index (χ0v) is 15.3. The molecule has 2 N–H and O–H groups in total. The molecule has 0 spiro atoms. The van der Waals surface area contributed by atoms with Gasteiger partial charge in [-0.25, -0.2) is 4.98 Å². The van der Waals surface area contributed by atoms with Crippen LogP contribution in [-0.2, 0) is 11.3 Å². The number of fused-ring (bicyclic) bond motifs is 1. The molecular weight excluding hydrogens is 324 g/mol. The first kappa shape index (κ1) is 17.4. The van der Waals surface area contributed by atoms with Crippen LogP contribution in [0.1, 0.15) is 38.1 Å². The van der Waals surface area contributed by atoms with Crippen molar-refractivity contribution in [1.82, 2.24) is 19.6 Å². The number of aliphatic hydroxyl groups is 1. The first-order valence-corrected chi connectivity index (χ1v) is 9.45. The molecule has 1 fully saturated rings. The van der Waals surface area contributed by atoms with E-state index in [9.17, 15) is 9.90 Å². The Morgan fingerprint density at radius 1 is 1.46 bits per heavy atom. The van der Waals surface area contributed by atoms with Gasteiger partial charge in [0.1, 0.15) is 0 Å². The van der Waals surface area contributed by atoms with Crippen molar-refractivity contribution in [2.24, 2.45) is 5.92 Å². The van der Waals surface area contributed by atoms with Crippen LogP contribution in [0.2, 0.25) is 0 Å². The van der Waals surface area contributed by atoms with Crippen LogP contribution < -0.4 is 5.32 Å². The summed E-state index contributed by atoms with van der Waals surface area (Å²) in [7, 11) is 0. The molecule has 1 amide bonds. The summed E-state index contributed by atoms with van der Waals surface area (Å²) in [4.78, 5) is 19.9. The van der Waals surface area contributed by atoms with Crippen LogP contribution in [-0.4, -0.2) is 50.5 Å². The largest absolute Gasteiger partial charge is 0.391 e. The lowest BCUT2D eigenvalue weighted by molar-refractivity contribution is -0.125. The fourth-order valence-electron chi connectivity index (χ4n) is 3.16. The predicted molar refractivity (Wildman–Crippen MR) is 95.1 cm³/mol. The van der Waals surface area contributed by atoms with Gasteiger partial charge in [-0.3, -0.25) is 14.1 Å². The Morgan fingerprint density at radius 3 is 2.96 bits per heavy atom. The molecule has 7 heteroatoms. The summed E-state index contributed by atoms with van der Waals surface area (Å²) in [6.45, 7) is 8.30. The third-order valence-electron chi connectivity index (χ3n) is 4.75. The molecule has 6 nitrogen and oxygen atoms in total. The molecule has 24 heavy (non-hydrogen) atoms. The van der Waals surface area contributed by atoms with Crippen LogP contribution >= 0.6 is 11.3 Å². The van der Waals surface area contributed by atoms with Gasteiger partial charge in [0, 0.05) is 37.1 Å². The van der Waals surface area contributed by atoms with Crippen molar-refractivity contribution in [3.8, 4) is 0 Å². The lowest BCUT2D eigenvalue weighted by Gasteiger charge is -2.22. The smallest absolute Gasteiger partial charge is 0.222 e. The summed E-state index contributed by atoms with van der Waals surface area (Å²) < 4.78 is 2.15. The molecule has 3 heterocycles. The Morgan fingerprint density at radius 2 is 2.21 bits per heavy atom. The van der Waals surface area contributed by atoms with Crippen molar-refractivity contribution in [2.45, 2.75) is 52.3 Å². The summed E-state index contributed by atoms with van der Waals surface area (Å²) >= 11 is 1.64. The van der Waals surface area contributed by atoms with Gasteiger partial charge in [0.25, 0.3) is 0 Å². The topological polar surface area (TPSA) is 69.9 Å². The fraction of sp³-hybridized carbons (Fsp3) is 0.647. The lowest BCUT2D eigenvalue weighted by Crippen LogP contribution is -2.44. The van der Waals surface area contributed by atoms with Gasteiger partial charge >= 0.3 is 0 Å². The predicted octanol–water partition coefficient (Wildman–Crippen LogP) is 1.80. The van der Waals surface area contributed by atoms with Gasteiger partial charge in [0.05, 0.1) is 23.5 Å². The average molecular weight is 350 g/mol. The van der Waals surface area contributed by atoms with E-state index in [4.69, 9.17) is 0 Å². The first-order chi connectivity index (χ1) is 11.5. The van der Waals surface area contributed by atoms with Gasteiger partial charge in [-0.1, -0.05) is 13.8 Å². The van der Waals surface area contributed by atoms with Crippen molar-refractivity contribution in [3.63, 3.8) is 0 Å². The number of hydrogen-bond donors (Lipinski definition) is 2. The molecule has 1 aliphatic heterocycles. The number of hydrogen-bond acceptors (Lipinski definition) is 5. The van der Waals surface area contributed by atoms with Crippen molar-refractivity contribution in [1.29, 1.82) is 0 Å². The number of aryl methyl sites for hydroxylation is 1. The van der Waals surface area contributed by atoms with Gasteiger partial charge < -0.3 is 10.4 Å². The van der Waals surface area contributed by atoms with Gasteiger partial charge in [-0.15, -0.1) is 11.3 Å². The van der Waals surface area contributed by atoms with E-state index >= 15 is 0 Å². The van der Waals surface area contributed by atoms with Gasteiger partial charge in [0.2, 0.25) is 5.91 Å². The molecule has 132 valence electrons. The van der Waals surface area contributed by atoms with Crippen LogP contribution in [0, 0.1) is 12.8 Å². The van der Waals surface area contributed by atoms with E-state index in [0.29, 0.717) is 6.42 Å². The molecule has 3 rings (SSSR count). The SMILES string of the molecule is Cc1nc2sccn2c1CN1CC[C@H](NC(=O)C(C)C)[C@@H](O)CC1. The molecule has 1 aliphatic rings. The number of amides is 1. The first-order valence-electron chi connectivity index (χ1n) is 8.57. The second-order valence-corrected chi connectivity index (χ2v) is 7.76. The van der Waals surface area contributed by atoms with Crippen LogP contribution in [0.15, 0.2) is 11.6 Å². The van der Waals surface area contributed by atoms with Crippen LogP contribution in [0.5, 0.6) is 0 Å². The maximum atomic E-state index is 11.9. The Kier molecular flexibility index (Phi) is 5.22. The van der Waals surface area contributed by atoms with E-state index in [2.05, 4.69) is 31.2 Å². The second-order valence-electron chi connectivity index (χ2n) is 6.89. The second kappa shape index (κ2) is 7.21. The number of aliphatic hydroxyl groups excluding tert-OH is 1. The normalized spacial score (nSPS) is 22.9. The number of nitrogens with zero attached hydrogens (tertiary/aromatic N) is 3. The van der Waals surface area contributed by atoms with E-state index in [1.807, 2.05) is 20.8 Å². The van der Waals surface area contributed by atoms with Gasteiger partial charge in [-0.05, 0) is 19.8 Å². The highest BCUT2D eigenvalue weighted by molar-refractivity contribution is 7.15. The Hall–Kier alpha value is -1.44. The summed E-state index contributed by atoms with van der Waals surface area (Å²) in [6.07, 6.45) is 3.02. The van der Waals surface area contributed by atoms with E-state index in [1.165, 1.54) is 5.69 Å². The summed E-state index contributed by atoms with van der Waals surface area (Å²) in [5.74, 6) is -0.0445. The minimum Gasteiger partial charge on any atom is -0.391 e. The van der Waals surface area contributed by atoms with Crippen molar-refractivity contribution in [3.05, 3.63) is 23.0 Å². The number of aromatic nitrogens is 2. The maximum Gasteiger partial charge on any atom is 0.222 e. The van der Waals surface area contributed by atoms with E-state index in [1.54, 1.807) is 11.3 Å². The summed E-state index contributed by atoms with van der Waals surface area (Å²) in [5, 5.41) is 15.4. The number of nitrogens with one attached hydrogen (secondary N) is 1. The zero-order chi connectivity index (χ0) is 17.3. The van der Waals surface area contributed by atoms with Crippen molar-refractivity contribution < 1.29 is 9.90 Å². The highest BCUT2D eigenvalue weighted by atomic mass is 32.1. The molecule has 2 aromatic rings. The lowest BCUT2D eigenvalue weighted by atomic mass is 10.1. The van der Waals surface area contributed by atoms with E-state index in [0.717, 1.165) is 36.7 Å². The number of carbonyl (C=O) groups excluding carboxylic acids is 1. The molecule has 0 saturated carbocycles. The minimum atomic E-state index is -0.481. The fourth-order valence-corrected chi connectivity index (χ4v) is 3.94. The molecule has 0 bridgehead atoms. The molecule has 1 saturated heterocycles. The standard InChI is InChI=1S/C17H26N4O2S/c1-11(2)16(23)19-13-4-6-20(7-5-15(13)22)10-14-12(3)18-17-21(14)8-9-24-17/h8-9,11,13,15,22H,4-7,10H2,1-3H3,(H,19,23)/t13-,15-/m0/s1. The number of thiazole rings is 1. The molecule has 0 aliphatic carbocycles. The van der Waals surface area contributed by atoms with Gasteiger partial charge in [-0.2, -0.15) is 0 Å². The molecule has 2 atom stereocenters. The number of likely N-dealkylation sites (tertiary alicyclic amines) is 1. The number of carbonyl (C=O) groups is 1. The zero-order valence-electron chi connectivity index (χ0n) is 14.5. The summed E-state index contributed by atoms with van der Waals surface area (Å²) in [6, 6.07) is -0.155. The van der Waals surface area contributed by atoms with E-state index < -0.39 is 6.10 Å². The third-order valence-corrected chi connectivity index (χ3v) is 5.51. The monoisotopic (exact) mass is 350 g/mol. The van der Waals surface area contributed by atoms with Crippen molar-refractivity contribution >= 4 is 22.2 Å². The number of rotatable bonds is 4. The maximum absolute atomic E-state index is 11.9. The average Bonchev–Trinajstić information content (AvgIpc) is 3.04. The van der Waals surface area contributed by atoms with Crippen LogP contribution in [0.25, 0.3) is 4.96 Å². The van der Waals surface area contributed by atoms with Gasteiger partial charge in [0.15, 0.2) is 4.96 Å². The highest BCUT2D eigenvalue weighted by Crippen LogP contribution is 2.20. The minimum absolute atomic E-state index is 0.0131. The number of imidazole rings is 1. The molecule has 2 aromatic heterocycles. The quantitative estimate of drug-likeness (QED) is 0.882. The molecular formula is C17H26N4O2S. The van der Waals surface area contributed by atoms with Crippen LogP contribution in [0.4, 0.5) is 0 Å². The highest BCUT2D eigenvalue weighted by Gasteiger charge is 2.27. The molecule has 0 radical (unpaired) electrons.